The quantitative estimate of drug-likeness (QED) is 0.592. The molecule has 0 spiro atoms. The van der Waals surface area contributed by atoms with E-state index in [0.29, 0.717) is 0 Å². The van der Waals surface area contributed by atoms with Crippen molar-refractivity contribution in [3.8, 4) is 0 Å². The maximum absolute atomic E-state index is 5.21. The average Bonchev–Trinajstić information content (AvgIpc) is 2.34. The first kappa shape index (κ1) is 7.76. The SMILES string of the molecule is CSOCC1CCCS1. The first-order chi connectivity index (χ1) is 4.43. The smallest absolute Gasteiger partial charge is 0.0732 e. The van der Waals surface area contributed by atoms with E-state index in [9.17, 15) is 0 Å². The summed E-state index contributed by atoms with van der Waals surface area (Å²) in [5.41, 5.74) is 0. The topological polar surface area (TPSA) is 9.23 Å². The van der Waals surface area contributed by atoms with E-state index in [2.05, 4.69) is 0 Å². The minimum atomic E-state index is 0.789. The molecular formula is C6H12OS2. The lowest BCUT2D eigenvalue weighted by molar-refractivity contribution is 0.371. The Labute approximate surface area is 65.1 Å². The molecule has 0 saturated carbocycles. The third kappa shape index (κ3) is 2.83. The monoisotopic (exact) mass is 164 g/mol. The predicted molar refractivity (Wildman–Crippen MR) is 44.9 cm³/mol. The Kier molecular flexibility index (Phi) is 3.86. The normalized spacial score (nSPS) is 27.0. The summed E-state index contributed by atoms with van der Waals surface area (Å²) in [6.45, 7) is 0.936. The molecule has 0 aliphatic carbocycles. The van der Waals surface area contributed by atoms with Gasteiger partial charge in [0, 0.05) is 11.5 Å². The molecule has 1 aliphatic heterocycles. The Morgan fingerprint density at radius 2 is 2.67 bits per heavy atom. The first-order valence-corrected chi connectivity index (χ1v) is 5.40. The van der Waals surface area contributed by atoms with Crippen molar-refractivity contribution in [2.24, 2.45) is 0 Å². The summed E-state index contributed by atoms with van der Waals surface area (Å²) in [4.78, 5) is 0. The van der Waals surface area contributed by atoms with Crippen molar-refractivity contribution in [1.29, 1.82) is 0 Å². The Morgan fingerprint density at radius 3 is 3.22 bits per heavy atom. The Balaban J connectivity index is 1.98. The summed E-state index contributed by atoms with van der Waals surface area (Å²) in [7, 11) is 0. The van der Waals surface area contributed by atoms with Crippen molar-refractivity contribution in [3.63, 3.8) is 0 Å². The van der Waals surface area contributed by atoms with Gasteiger partial charge in [0.25, 0.3) is 0 Å². The summed E-state index contributed by atoms with van der Waals surface area (Å²) in [6, 6.07) is 0. The van der Waals surface area contributed by atoms with Crippen LogP contribution in [0.2, 0.25) is 0 Å². The summed E-state index contributed by atoms with van der Waals surface area (Å²) < 4.78 is 5.21. The number of thioether (sulfide) groups is 1. The summed E-state index contributed by atoms with van der Waals surface area (Å²) >= 11 is 3.52. The molecule has 0 N–H and O–H groups in total. The van der Waals surface area contributed by atoms with Crippen LogP contribution >= 0.6 is 23.8 Å². The van der Waals surface area contributed by atoms with Gasteiger partial charge in [-0.2, -0.15) is 11.8 Å². The molecular weight excluding hydrogens is 152 g/mol. The molecule has 0 aromatic heterocycles. The molecule has 0 aromatic carbocycles. The standard InChI is InChI=1S/C6H12OS2/c1-8-7-5-6-3-2-4-9-6/h6H,2-5H2,1H3. The fourth-order valence-electron chi connectivity index (χ4n) is 0.920. The lowest BCUT2D eigenvalue weighted by Gasteiger charge is -2.04. The molecule has 1 rings (SSSR count). The lowest BCUT2D eigenvalue weighted by atomic mass is 10.3. The minimum absolute atomic E-state index is 0.789. The van der Waals surface area contributed by atoms with Gasteiger partial charge in [-0.05, 0) is 30.6 Å². The molecule has 0 amide bonds. The Bertz CT molecular complexity index is 71.5. The van der Waals surface area contributed by atoms with E-state index in [4.69, 9.17) is 4.18 Å². The molecule has 9 heavy (non-hydrogen) atoms. The highest BCUT2D eigenvalue weighted by molar-refractivity contribution is 8.00. The van der Waals surface area contributed by atoms with Crippen LogP contribution in [0.3, 0.4) is 0 Å². The van der Waals surface area contributed by atoms with Gasteiger partial charge in [-0.25, -0.2) is 0 Å². The van der Waals surface area contributed by atoms with Crippen molar-refractivity contribution in [2.45, 2.75) is 18.1 Å². The maximum atomic E-state index is 5.21. The van der Waals surface area contributed by atoms with Gasteiger partial charge in [0.2, 0.25) is 0 Å². The van der Waals surface area contributed by atoms with E-state index in [1.165, 1.54) is 30.6 Å². The fraction of sp³-hybridized carbons (Fsp3) is 1.00. The van der Waals surface area contributed by atoms with Crippen LogP contribution in [0.4, 0.5) is 0 Å². The molecule has 3 heteroatoms. The first-order valence-electron chi connectivity index (χ1n) is 3.20. The second kappa shape index (κ2) is 4.47. The molecule has 1 fully saturated rings. The van der Waals surface area contributed by atoms with E-state index in [1.807, 2.05) is 18.0 Å². The van der Waals surface area contributed by atoms with E-state index < -0.39 is 0 Å². The van der Waals surface area contributed by atoms with Crippen molar-refractivity contribution in [1.82, 2.24) is 0 Å². The molecule has 0 radical (unpaired) electrons. The van der Waals surface area contributed by atoms with Gasteiger partial charge < -0.3 is 4.18 Å². The molecule has 1 atom stereocenters. The van der Waals surface area contributed by atoms with Crippen molar-refractivity contribution in [3.05, 3.63) is 0 Å². The second-order valence-electron chi connectivity index (χ2n) is 2.09. The molecule has 54 valence electrons. The second-order valence-corrected chi connectivity index (χ2v) is 4.06. The fourth-order valence-corrected chi connectivity index (χ4v) is 2.47. The molecule has 0 aromatic rings. The largest absolute Gasteiger partial charge is 0.314 e. The highest BCUT2D eigenvalue weighted by Gasteiger charge is 2.14. The van der Waals surface area contributed by atoms with Crippen LogP contribution in [-0.2, 0) is 4.18 Å². The summed E-state index contributed by atoms with van der Waals surface area (Å²) in [5, 5.41) is 0.789. The maximum Gasteiger partial charge on any atom is 0.0732 e. The Hall–Kier alpha value is 0.660. The van der Waals surface area contributed by atoms with Crippen LogP contribution in [0, 0.1) is 0 Å². The van der Waals surface area contributed by atoms with Gasteiger partial charge in [0.15, 0.2) is 0 Å². The molecule has 0 bridgehead atoms. The van der Waals surface area contributed by atoms with Crippen LogP contribution in [0.1, 0.15) is 12.8 Å². The van der Waals surface area contributed by atoms with Crippen LogP contribution < -0.4 is 0 Å². The molecule has 1 heterocycles. The van der Waals surface area contributed by atoms with E-state index >= 15 is 0 Å². The van der Waals surface area contributed by atoms with Crippen LogP contribution in [-0.4, -0.2) is 23.9 Å². The number of hydrogen-bond donors (Lipinski definition) is 0. The lowest BCUT2D eigenvalue weighted by Crippen LogP contribution is -2.03. The zero-order chi connectivity index (χ0) is 6.53. The minimum Gasteiger partial charge on any atom is -0.314 e. The van der Waals surface area contributed by atoms with Gasteiger partial charge in [-0.1, -0.05) is 0 Å². The molecule has 1 unspecified atom stereocenters. The zero-order valence-corrected chi connectivity index (χ0v) is 7.26. The third-order valence-electron chi connectivity index (χ3n) is 1.40. The Morgan fingerprint density at radius 1 is 1.78 bits per heavy atom. The van der Waals surface area contributed by atoms with E-state index in [1.54, 1.807) is 0 Å². The summed E-state index contributed by atoms with van der Waals surface area (Å²) in [5.74, 6) is 1.34. The van der Waals surface area contributed by atoms with Gasteiger partial charge in [0.1, 0.15) is 0 Å². The van der Waals surface area contributed by atoms with E-state index in [-0.39, 0.29) is 0 Å². The highest BCUT2D eigenvalue weighted by atomic mass is 32.2. The predicted octanol–water partition coefficient (Wildman–Crippen LogP) is 2.18. The van der Waals surface area contributed by atoms with Crippen LogP contribution in [0.25, 0.3) is 0 Å². The van der Waals surface area contributed by atoms with Crippen LogP contribution in [0.5, 0.6) is 0 Å². The highest BCUT2D eigenvalue weighted by Crippen LogP contribution is 2.26. The van der Waals surface area contributed by atoms with E-state index in [0.717, 1.165) is 11.9 Å². The zero-order valence-electron chi connectivity index (χ0n) is 5.63. The number of hydrogen-bond acceptors (Lipinski definition) is 3. The van der Waals surface area contributed by atoms with Gasteiger partial charge >= 0.3 is 0 Å². The number of rotatable bonds is 3. The van der Waals surface area contributed by atoms with Crippen LogP contribution in [0.15, 0.2) is 0 Å². The van der Waals surface area contributed by atoms with Gasteiger partial charge in [-0.15, -0.1) is 0 Å². The van der Waals surface area contributed by atoms with Gasteiger partial charge in [-0.3, -0.25) is 0 Å². The van der Waals surface area contributed by atoms with Crippen molar-refractivity contribution < 1.29 is 4.18 Å². The third-order valence-corrected chi connectivity index (χ3v) is 3.14. The average molecular weight is 164 g/mol. The van der Waals surface area contributed by atoms with Crippen molar-refractivity contribution >= 4 is 23.8 Å². The molecule has 1 saturated heterocycles. The summed E-state index contributed by atoms with van der Waals surface area (Å²) in [6.07, 6.45) is 4.71. The molecule has 1 aliphatic rings. The van der Waals surface area contributed by atoms with Gasteiger partial charge in [0.05, 0.1) is 6.61 Å². The van der Waals surface area contributed by atoms with Crippen molar-refractivity contribution in [2.75, 3.05) is 18.6 Å². The molecule has 1 nitrogen and oxygen atoms in total.